The number of hydrogen-bond acceptors (Lipinski definition) is 5. The van der Waals surface area contributed by atoms with E-state index in [1.165, 1.54) is 11.8 Å². The fourth-order valence-corrected chi connectivity index (χ4v) is 3.75. The van der Waals surface area contributed by atoms with Gasteiger partial charge in [0.2, 0.25) is 5.91 Å². The lowest BCUT2D eigenvalue weighted by molar-refractivity contribution is -0.118. The van der Waals surface area contributed by atoms with Gasteiger partial charge >= 0.3 is 0 Å². The molecule has 0 aliphatic carbocycles. The molecule has 1 heterocycles. The van der Waals surface area contributed by atoms with Gasteiger partial charge in [0.15, 0.2) is 0 Å². The van der Waals surface area contributed by atoms with Gasteiger partial charge in [0.05, 0.1) is 18.6 Å². The number of imidazole rings is 1. The number of thioether (sulfide) groups is 1. The van der Waals surface area contributed by atoms with E-state index in [4.69, 9.17) is 26.1 Å². The number of rotatable bonds is 10. The number of nitrogens with zero attached hydrogens (tertiary/aromatic N) is 1. The highest BCUT2D eigenvalue weighted by atomic mass is 35.5. The number of H-pyrrole nitrogens is 1. The summed E-state index contributed by atoms with van der Waals surface area (Å²) in [6, 6.07) is 15.2. The normalized spacial score (nSPS) is 10.8. The maximum Gasteiger partial charge on any atom is 0.230 e. The van der Waals surface area contributed by atoms with Gasteiger partial charge in [-0.25, -0.2) is 4.98 Å². The molecule has 1 aromatic heterocycles. The molecule has 1 amide bonds. The van der Waals surface area contributed by atoms with E-state index in [9.17, 15) is 4.79 Å². The second-order valence-corrected chi connectivity index (χ2v) is 7.89. The Morgan fingerprint density at radius 3 is 2.47 bits per heavy atom. The highest BCUT2D eigenvalue weighted by molar-refractivity contribution is 8.00. The van der Waals surface area contributed by atoms with Gasteiger partial charge in [-0.3, -0.25) is 4.79 Å². The Balaban J connectivity index is 1.80. The first-order valence-electron chi connectivity index (χ1n) is 9.49. The third kappa shape index (κ3) is 6.01. The molecule has 0 saturated carbocycles. The summed E-state index contributed by atoms with van der Waals surface area (Å²) in [6.45, 7) is 1.22. The standard InChI is InChI=1S/C22H24ClN3O3S/c1-28-13-3-12-24-19(27)14-30-22-20(15-6-10-18(29-2)11-7-15)25-21(26-22)16-4-8-17(23)9-5-16/h4-11H,3,12-14H2,1-2H3,(H,24,27)(H,25,26). The second-order valence-electron chi connectivity index (χ2n) is 6.49. The minimum atomic E-state index is -0.0344. The Morgan fingerprint density at radius 1 is 1.10 bits per heavy atom. The molecule has 0 unspecified atom stereocenters. The van der Waals surface area contributed by atoms with Crippen LogP contribution >= 0.6 is 23.4 Å². The van der Waals surface area contributed by atoms with Crippen molar-refractivity contribution in [2.24, 2.45) is 0 Å². The molecular weight excluding hydrogens is 422 g/mol. The number of benzene rings is 2. The summed E-state index contributed by atoms with van der Waals surface area (Å²) in [5.41, 5.74) is 2.75. The van der Waals surface area contributed by atoms with Crippen molar-refractivity contribution in [1.29, 1.82) is 0 Å². The summed E-state index contributed by atoms with van der Waals surface area (Å²) in [7, 11) is 3.28. The minimum Gasteiger partial charge on any atom is -0.497 e. The predicted molar refractivity (Wildman–Crippen MR) is 121 cm³/mol. The van der Waals surface area contributed by atoms with Crippen LogP contribution < -0.4 is 10.1 Å². The molecule has 2 N–H and O–H groups in total. The molecule has 8 heteroatoms. The summed E-state index contributed by atoms with van der Waals surface area (Å²) < 4.78 is 10.2. The summed E-state index contributed by atoms with van der Waals surface area (Å²) in [4.78, 5) is 20.3. The lowest BCUT2D eigenvalue weighted by atomic mass is 10.1. The molecule has 0 atom stereocenters. The van der Waals surface area contributed by atoms with Gasteiger partial charge < -0.3 is 19.8 Å². The average molecular weight is 446 g/mol. The Hall–Kier alpha value is -2.48. The van der Waals surface area contributed by atoms with E-state index in [1.54, 1.807) is 14.2 Å². The molecule has 0 saturated heterocycles. The lowest BCUT2D eigenvalue weighted by Gasteiger charge is -2.06. The molecular formula is C22H24ClN3O3S. The Labute approximate surface area is 185 Å². The van der Waals surface area contributed by atoms with Crippen LogP contribution in [0.3, 0.4) is 0 Å². The molecule has 0 spiro atoms. The summed E-state index contributed by atoms with van der Waals surface area (Å²) in [6.07, 6.45) is 0.785. The zero-order chi connectivity index (χ0) is 21.3. The van der Waals surface area contributed by atoms with Crippen LogP contribution in [-0.4, -0.2) is 49.0 Å². The van der Waals surface area contributed by atoms with Crippen molar-refractivity contribution >= 4 is 29.3 Å². The molecule has 3 rings (SSSR count). The molecule has 0 radical (unpaired) electrons. The first-order valence-corrected chi connectivity index (χ1v) is 10.9. The van der Waals surface area contributed by atoms with Crippen LogP contribution in [0.2, 0.25) is 5.02 Å². The van der Waals surface area contributed by atoms with Gasteiger partial charge in [-0.15, -0.1) is 0 Å². The zero-order valence-electron chi connectivity index (χ0n) is 16.9. The topological polar surface area (TPSA) is 76.2 Å². The highest BCUT2D eigenvalue weighted by Gasteiger charge is 2.16. The van der Waals surface area contributed by atoms with Gasteiger partial charge in [-0.1, -0.05) is 23.4 Å². The fraction of sp³-hybridized carbons (Fsp3) is 0.273. The number of aromatic nitrogens is 2. The number of halogens is 1. The monoisotopic (exact) mass is 445 g/mol. The highest BCUT2D eigenvalue weighted by Crippen LogP contribution is 2.33. The lowest BCUT2D eigenvalue weighted by Crippen LogP contribution is -2.26. The second kappa shape index (κ2) is 11.1. The van der Waals surface area contributed by atoms with Crippen LogP contribution in [0.15, 0.2) is 53.6 Å². The molecule has 2 aromatic carbocycles. The van der Waals surface area contributed by atoms with Crippen molar-refractivity contribution in [2.45, 2.75) is 11.4 Å². The molecule has 30 heavy (non-hydrogen) atoms. The molecule has 0 fully saturated rings. The van der Waals surface area contributed by atoms with Crippen molar-refractivity contribution in [3.63, 3.8) is 0 Å². The quantitative estimate of drug-likeness (QED) is 0.351. The van der Waals surface area contributed by atoms with Crippen molar-refractivity contribution in [2.75, 3.05) is 33.1 Å². The van der Waals surface area contributed by atoms with Crippen LogP contribution in [0, 0.1) is 0 Å². The van der Waals surface area contributed by atoms with Crippen LogP contribution in [0.5, 0.6) is 5.75 Å². The first kappa shape index (κ1) is 22.2. The van der Waals surface area contributed by atoms with Crippen LogP contribution in [0.25, 0.3) is 22.6 Å². The number of carbonyl (C=O) groups excluding carboxylic acids is 1. The van der Waals surface area contributed by atoms with Gasteiger partial charge in [0, 0.05) is 36.4 Å². The van der Waals surface area contributed by atoms with Crippen molar-refractivity contribution in [3.05, 3.63) is 53.6 Å². The summed E-state index contributed by atoms with van der Waals surface area (Å²) >= 11 is 7.41. The van der Waals surface area contributed by atoms with Crippen LogP contribution in [-0.2, 0) is 9.53 Å². The average Bonchev–Trinajstić information content (AvgIpc) is 3.20. The van der Waals surface area contributed by atoms with Gasteiger partial charge in [0.1, 0.15) is 16.6 Å². The fourth-order valence-electron chi connectivity index (χ4n) is 2.79. The van der Waals surface area contributed by atoms with E-state index in [0.717, 1.165) is 39.8 Å². The number of amides is 1. The Morgan fingerprint density at radius 2 is 1.80 bits per heavy atom. The van der Waals surface area contributed by atoms with E-state index in [0.29, 0.717) is 18.2 Å². The number of ether oxygens (including phenoxy) is 2. The molecule has 0 bridgehead atoms. The Kier molecular flexibility index (Phi) is 8.19. The van der Waals surface area contributed by atoms with E-state index >= 15 is 0 Å². The van der Waals surface area contributed by atoms with Crippen molar-refractivity contribution in [1.82, 2.24) is 15.3 Å². The molecule has 0 aliphatic rings. The maximum absolute atomic E-state index is 12.2. The summed E-state index contributed by atoms with van der Waals surface area (Å²) in [5, 5.41) is 4.33. The number of methoxy groups -OCH3 is 2. The zero-order valence-corrected chi connectivity index (χ0v) is 18.5. The van der Waals surface area contributed by atoms with E-state index in [1.807, 2.05) is 48.5 Å². The van der Waals surface area contributed by atoms with Gasteiger partial charge in [0.25, 0.3) is 0 Å². The number of nitrogens with one attached hydrogen (secondary N) is 2. The molecule has 3 aromatic rings. The molecule has 6 nitrogen and oxygen atoms in total. The Bertz CT molecular complexity index is 959. The first-order chi connectivity index (χ1) is 14.6. The third-order valence-corrected chi connectivity index (χ3v) is 5.58. The largest absolute Gasteiger partial charge is 0.497 e. The number of aromatic amines is 1. The van der Waals surface area contributed by atoms with E-state index in [2.05, 4.69) is 10.3 Å². The number of hydrogen-bond donors (Lipinski definition) is 2. The predicted octanol–water partition coefficient (Wildman–Crippen LogP) is 4.65. The van der Waals surface area contributed by atoms with Gasteiger partial charge in [-0.2, -0.15) is 0 Å². The van der Waals surface area contributed by atoms with Crippen LogP contribution in [0.1, 0.15) is 6.42 Å². The van der Waals surface area contributed by atoms with Crippen LogP contribution in [0.4, 0.5) is 0 Å². The maximum atomic E-state index is 12.2. The van der Waals surface area contributed by atoms with Crippen molar-refractivity contribution in [3.8, 4) is 28.4 Å². The SMILES string of the molecule is COCCCNC(=O)CSc1nc(-c2ccc(Cl)cc2)[nH]c1-c1ccc(OC)cc1. The molecule has 158 valence electrons. The van der Waals surface area contributed by atoms with E-state index < -0.39 is 0 Å². The molecule has 0 aliphatic heterocycles. The minimum absolute atomic E-state index is 0.0344. The smallest absolute Gasteiger partial charge is 0.230 e. The number of carbonyl (C=O) groups is 1. The van der Waals surface area contributed by atoms with Gasteiger partial charge in [-0.05, 0) is 55.0 Å². The third-order valence-electron chi connectivity index (χ3n) is 4.35. The van der Waals surface area contributed by atoms with Crippen molar-refractivity contribution < 1.29 is 14.3 Å². The van der Waals surface area contributed by atoms with E-state index in [-0.39, 0.29) is 11.7 Å². The summed E-state index contributed by atoms with van der Waals surface area (Å²) in [5.74, 6) is 1.75.